The van der Waals surface area contributed by atoms with Gasteiger partial charge in [-0.25, -0.2) is 0 Å². The van der Waals surface area contributed by atoms with Crippen molar-refractivity contribution in [2.45, 2.75) is 13.3 Å². The average Bonchev–Trinajstić information content (AvgIpc) is 3.22. The largest absolute Gasteiger partial charge is 0.496 e. The normalized spacial score (nSPS) is 13.8. The van der Waals surface area contributed by atoms with Crippen molar-refractivity contribution in [1.29, 1.82) is 0 Å². The van der Waals surface area contributed by atoms with Gasteiger partial charge in [-0.2, -0.15) is 0 Å². The molecule has 2 amide bonds. The lowest BCUT2D eigenvalue weighted by Gasteiger charge is -2.25. The zero-order valence-electron chi connectivity index (χ0n) is 18.4. The Morgan fingerprint density at radius 2 is 1.87 bits per heavy atom. The third kappa shape index (κ3) is 3.93. The fraction of sp³-hybridized carbons (Fsp3) is 0.280. The monoisotopic (exact) mass is 417 g/mol. The maximum absolute atomic E-state index is 12.8. The summed E-state index contributed by atoms with van der Waals surface area (Å²) in [5, 5.41) is 0.949. The van der Waals surface area contributed by atoms with Gasteiger partial charge in [0.2, 0.25) is 5.91 Å². The molecular formula is C25H27N3O3. The maximum Gasteiger partial charge on any atom is 0.253 e. The Bertz CT molecular complexity index is 1190. The summed E-state index contributed by atoms with van der Waals surface area (Å²) in [6.45, 7) is 2.93. The molecule has 160 valence electrons. The van der Waals surface area contributed by atoms with Crippen molar-refractivity contribution in [3.05, 3.63) is 59.8 Å². The molecule has 0 atom stereocenters. The molecule has 6 nitrogen and oxygen atoms in total. The summed E-state index contributed by atoms with van der Waals surface area (Å²) in [5.74, 6) is 0.768. The molecule has 3 aromatic rings. The molecule has 0 unspecified atom stereocenters. The van der Waals surface area contributed by atoms with Crippen LogP contribution in [0.15, 0.2) is 48.5 Å². The standard InChI is InChI=1S/C25H27N3O3/c1-16(29)28-11-7-8-17(15-28)22-14-18-12-19(25(30)27(2)3)13-21(24(18)26-22)20-9-5-6-10-23(20)31-4/h5-6,8-10,12-14,26H,7,11,15H2,1-4H3. The lowest BCUT2D eigenvalue weighted by atomic mass is 9.98. The number of para-hydroxylation sites is 1. The number of nitrogens with one attached hydrogen (secondary N) is 1. The van der Waals surface area contributed by atoms with E-state index in [2.05, 4.69) is 17.1 Å². The van der Waals surface area contributed by atoms with Crippen LogP contribution in [-0.2, 0) is 4.79 Å². The molecule has 1 aromatic heterocycles. The van der Waals surface area contributed by atoms with E-state index in [1.54, 1.807) is 33.0 Å². The number of carbonyl (C=O) groups is 2. The molecule has 0 bridgehead atoms. The van der Waals surface area contributed by atoms with Crippen LogP contribution >= 0.6 is 0 Å². The number of aromatic amines is 1. The number of carbonyl (C=O) groups excluding carboxylic acids is 2. The minimum absolute atomic E-state index is 0.0552. The van der Waals surface area contributed by atoms with Gasteiger partial charge >= 0.3 is 0 Å². The minimum Gasteiger partial charge on any atom is -0.496 e. The van der Waals surface area contributed by atoms with Crippen molar-refractivity contribution in [2.75, 3.05) is 34.3 Å². The van der Waals surface area contributed by atoms with Crippen molar-refractivity contribution in [3.63, 3.8) is 0 Å². The Balaban J connectivity index is 1.90. The highest BCUT2D eigenvalue weighted by Crippen LogP contribution is 2.37. The van der Waals surface area contributed by atoms with Crippen LogP contribution in [0.3, 0.4) is 0 Å². The van der Waals surface area contributed by atoms with Crippen molar-refractivity contribution < 1.29 is 14.3 Å². The van der Waals surface area contributed by atoms with Crippen LogP contribution in [0, 0.1) is 0 Å². The molecule has 1 N–H and O–H groups in total. The highest BCUT2D eigenvalue weighted by Gasteiger charge is 2.20. The van der Waals surface area contributed by atoms with Gasteiger partial charge in [0, 0.05) is 61.9 Å². The molecule has 1 aliphatic heterocycles. The van der Waals surface area contributed by atoms with E-state index in [1.165, 1.54) is 0 Å². The molecule has 4 rings (SSSR count). The second-order valence-electron chi connectivity index (χ2n) is 8.03. The van der Waals surface area contributed by atoms with Crippen molar-refractivity contribution in [3.8, 4) is 16.9 Å². The van der Waals surface area contributed by atoms with E-state index in [-0.39, 0.29) is 11.8 Å². The summed E-state index contributed by atoms with van der Waals surface area (Å²) in [7, 11) is 5.15. The summed E-state index contributed by atoms with van der Waals surface area (Å²) < 4.78 is 5.60. The number of fused-ring (bicyclic) bond motifs is 1. The Labute approximate surface area is 182 Å². The number of amides is 2. The average molecular weight is 418 g/mol. The first-order chi connectivity index (χ1) is 14.9. The molecule has 1 aliphatic rings. The Hall–Kier alpha value is -3.54. The summed E-state index contributed by atoms with van der Waals surface area (Å²) in [4.78, 5) is 31.6. The number of nitrogens with zero attached hydrogens (tertiary/aromatic N) is 2. The van der Waals surface area contributed by atoms with Crippen LogP contribution < -0.4 is 4.74 Å². The first-order valence-electron chi connectivity index (χ1n) is 10.4. The third-order valence-electron chi connectivity index (χ3n) is 5.72. The SMILES string of the molecule is COc1ccccc1-c1cc(C(=O)N(C)C)cc2cc(C3=CCCN(C(C)=O)C3)[nH]c12. The lowest BCUT2D eigenvalue weighted by molar-refractivity contribution is -0.128. The number of rotatable bonds is 4. The number of hydrogen-bond acceptors (Lipinski definition) is 3. The second-order valence-corrected chi connectivity index (χ2v) is 8.03. The van der Waals surface area contributed by atoms with Gasteiger partial charge in [0.05, 0.1) is 12.6 Å². The van der Waals surface area contributed by atoms with Gasteiger partial charge in [0.1, 0.15) is 5.75 Å². The van der Waals surface area contributed by atoms with Crippen LogP contribution in [0.25, 0.3) is 27.6 Å². The number of ether oxygens (including phenoxy) is 1. The molecule has 0 fully saturated rings. The highest BCUT2D eigenvalue weighted by atomic mass is 16.5. The Kier molecular flexibility index (Phi) is 5.55. The van der Waals surface area contributed by atoms with Gasteiger partial charge in [0.25, 0.3) is 5.91 Å². The molecule has 0 radical (unpaired) electrons. The number of benzene rings is 2. The van der Waals surface area contributed by atoms with Crippen LogP contribution in [0.1, 0.15) is 29.4 Å². The second kappa shape index (κ2) is 8.30. The molecular weight excluding hydrogens is 390 g/mol. The van der Waals surface area contributed by atoms with Crippen LogP contribution in [-0.4, -0.2) is 60.9 Å². The molecule has 2 heterocycles. The van der Waals surface area contributed by atoms with E-state index in [0.717, 1.165) is 52.0 Å². The van der Waals surface area contributed by atoms with Crippen molar-refractivity contribution in [2.24, 2.45) is 0 Å². The lowest BCUT2D eigenvalue weighted by Crippen LogP contribution is -2.33. The number of aromatic nitrogens is 1. The number of H-pyrrole nitrogens is 1. The van der Waals surface area contributed by atoms with E-state index in [4.69, 9.17) is 4.74 Å². The zero-order valence-corrected chi connectivity index (χ0v) is 18.4. The minimum atomic E-state index is -0.0552. The van der Waals surface area contributed by atoms with Gasteiger partial charge in [-0.05, 0) is 36.3 Å². The quantitative estimate of drug-likeness (QED) is 0.693. The van der Waals surface area contributed by atoms with Crippen molar-refractivity contribution in [1.82, 2.24) is 14.8 Å². The first kappa shape index (κ1) is 20.7. The summed E-state index contributed by atoms with van der Waals surface area (Å²) in [6.07, 6.45) is 3.01. The molecule has 31 heavy (non-hydrogen) atoms. The number of methoxy groups -OCH3 is 1. The maximum atomic E-state index is 12.8. The molecule has 0 aliphatic carbocycles. The molecule has 0 saturated carbocycles. The smallest absolute Gasteiger partial charge is 0.253 e. The predicted molar refractivity (Wildman–Crippen MR) is 123 cm³/mol. The van der Waals surface area contributed by atoms with E-state index < -0.39 is 0 Å². The predicted octanol–water partition coefficient (Wildman–Crippen LogP) is 4.18. The first-order valence-corrected chi connectivity index (χ1v) is 10.4. The van der Waals surface area contributed by atoms with Gasteiger partial charge in [-0.3, -0.25) is 9.59 Å². The van der Waals surface area contributed by atoms with Crippen LogP contribution in [0.4, 0.5) is 0 Å². The van der Waals surface area contributed by atoms with Gasteiger partial charge < -0.3 is 19.5 Å². The fourth-order valence-electron chi connectivity index (χ4n) is 4.09. The van der Waals surface area contributed by atoms with Crippen LogP contribution in [0.2, 0.25) is 0 Å². The molecule has 6 heteroatoms. The highest BCUT2D eigenvalue weighted by molar-refractivity contribution is 6.05. The van der Waals surface area contributed by atoms with Gasteiger partial charge in [0.15, 0.2) is 0 Å². The zero-order chi connectivity index (χ0) is 22.1. The number of hydrogen-bond donors (Lipinski definition) is 1. The van der Waals surface area contributed by atoms with Crippen molar-refractivity contribution >= 4 is 28.3 Å². The summed E-state index contributed by atoms with van der Waals surface area (Å²) in [5.41, 5.74) is 5.43. The molecule has 0 spiro atoms. The van der Waals surface area contributed by atoms with E-state index in [1.807, 2.05) is 41.3 Å². The van der Waals surface area contributed by atoms with Gasteiger partial charge in [-0.1, -0.05) is 24.3 Å². The van der Waals surface area contributed by atoms with Gasteiger partial charge in [-0.15, -0.1) is 0 Å². The van der Waals surface area contributed by atoms with Crippen LogP contribution in [0.5, 0.6) is 5.75 Å². The van der Waals surface area contributed by atoms with E-state index >= 15 is 0 Å². The van der Waals surface area contributed by atoms with E-state index in [0.29, 0.717) is 12.1 Å². The molecule has 0 saturated heterocycles. The summed E-state index contributed by atoms with van der Waals surface area (Å²) in [6, 6.07) is 13.7. The topological polar surface area (TPSA) is 65.6 Å². The summed E-state index contributed by atoms with van der Waals surface area (Å²) >= 11 is 0. The third-order valence-corrected chi connectivity index (χ3v) is 5.72. The Morgan fingerprint density at radius 1 is 1.10 bits per heavy atom. The van der Waals surface area contributed by atoms with E-state index in [9.17, 15) is 9.59 Å². The molecule has 2 aromatic carbocycles. The fourth-order valence-corrected chi connectivity index (χ4v) is 4.09. The Morgan fingerprint density at radius 3 is 2.58 bits per heavy atom.